The molecule has 0 bridgehead atoms. The Hall–Kier alpha value is -3.09. The minimum absolute atomic E-state index is 0.0582. The first-order chi connectivity index (χ1) is 13.2. The van der Waals surface area contributed by atoms with E-state index in [0.29, 0.717) is 43.6 Å². The summed E-state index contributed by atoms with van der Waals surface area (Å²) in [5.41, 5.74) is 1.16. The second-order valence-electron chi connectivity index (χ2n) is 6.68. The van der Waals surface area contributed by atoms with Crippen molar-refractivity contribution in [2.24, 2.45) is 0 Å². The predicted molar refractivity (Wildman–Crippen MR) is 96.6 cm³/mol. The fourth-order valence-electron chi connectivity index (χ4n) is 3.20. The highest BCUT2D eigenvalue weighted by molar-refractivity contribution is 5.91. The van der Waals surface area contributed by atoms with Crippen LogP contribution in [0.4, 0.5) is 0 Å². The lowest BCUT2D eigenvalue weighted by atomic mass is 10.1. The second-order valence-corrected chi connectivity index (χ2v) is 6.68. The molecule has 7 heteroatoms. The number of ether oxygens (including phenoxy) is 1. The molecular formula is C20H21N3O4. The second kappa shape index (κ2) is 7.65. The maximum atomic E-state index is 12.3. The van der Waals surface area contributed by atoms with Gasteiger partial charge in [0.2, 0.25) is 5.89 Å². The molecule has 140 valence electrons. The lowest BCUT2D eigenvalue weighted by Gasteiger charge is -2.13. The van der Waals surface area contributed by atoms with Crippen LogP contribution in [0.1, 0.15) is 40.2 Å². The molecule has 3 heterocycles. The van der Waals surface area contributed by atoms with Gasteiger partial charge >= 0.3 is 0 Å². The van der Waals surface area contributed by atoms with Gasteiger partial charge in [0.05, 0.1) is 18.8 Å². The van der Waals surface area contributed by atoms with Gasteiger partial charge in [-0.2, -0.15) is 4.98 Å². The van der Waals surface area contributed by atoms with Crippen LogP contribution in [-0.2, 0) is 6.42 Å². The summed E-state index contributed by atoms with van der Waals surface area (Å²) in [6.45, 7) is 3.72. The van der Waals surface area contributed by atoms with Crippen molar-refractivity contribution in [1.82, 2.24) is 15.0 Å². The predicted octanol–water partition coefficient (Wildman–Crippen LogP) is 3.22. The first kappa shape index (κ1) is 17.3. The first-order valence-corrected chi connectivity index (χ1v) is 9.04. The molecule has 0 saturated carbocycles. The molecule has 1 aliphatic heterocycles. The number of carbonyl (C=O) groups excluding carboxylic acids is 1. The molecule has 1 saturated heterocycles. The van der Waals surface area contributed by atoms with Gasteiger partial charge in [0.15, 0.2) is 11.6 Å². The third-order valence-corrected chi connectivity index (χ3v) is 4.62. The fourth-order valence-corrected chi connectivity index (χ4v) is 3.20. The highest BCUT2D eigenvalue weighted by Crippen LogP contribution is 2.27. The zero-order valence-electron chi connectivity index (χ0n) is 15.1. The lowest BCUT2D eigenvalue weighted by molar-refractivity contribution is 0.0758. The van der Waals surface area contributed by atoms with Crippen LogP contribution in [0.2, 0.25) is 0 Å². The Morgan fingerprint density at radius 1 is 1.33 bits per heavy atom. The van der Waals surface area contributed by atoms with Crippen molar-refractivity contribution in [3.8, 4) is 5.75 Å². The van der Waals surface area contributed by atoms with E-state index in [1.54, 1.807) is 17.0 Å². The van der Waals surface area contributed by atoms with Crippen LogP contribution in [0, 0.1) is 6.92 Å². The summed E-state index contributed by atoms with van der Waals surface area (Å²) < 4.78 is 16.3. The third-order valence-electron chi connectivity index (χ3n) is 4.62. The number of benzene rings is 1. The fraction of sp³-hybridized carbons (Fsp3) is 0.350. The maximum Gasteiger partial charge on any atom is 0.289 e. The number of rotatable bonds is 6. The number of amides is 1. The Kier molecular flexibility index (Phi) is 4.91. The molecule has 3 aromatic rings. The zero-order valence-corrected chi connectivity index (χ0v) is 15.1. The summed E-state index contributed by atoms with van der Waals surface area (Å²) in [6, 6.07) is 11.3. The first-order valence-electron chi connectivity index (χ1n) is 9.04. The summed E-state index contributed by atoms with van der Waals surface area (Å²) in [5, 5.41) is 4.04. The van der Waals surface area contributed by atoms with Crippen LogP contribution >= 0.6 is 0 Å². The molecule has 0 aliphatic carbocycles. The van der Waals surface area contributed by atoms with Gasteiger partial charge in [-0.25, -0.2) is 0 Å². The van der Waals surface area contributed by atoms with E-state index in [9.17, 15) is 4.79 Å². The number of aryl methyl sites for hydroxylation is 1. The Morgan fingerprint density at radius 2 is 2.26 bits per heavy atom. The van der Waals surface area contributed by atoms with Crippen molar-refractivity contribution in [2.75, 3.05) is 19.7 Å². The van der Waals surface area contributed by atoms with Crippen LogP contribution in [0.3, 0.4) is 0 Å². The van der Waals surface area contributed by atoms with Crippen molar-refractivity contribution in [3.63, 3.8) is 0 Å². The van der Waals surface area contributed by atoms with E-state index < -0.39 is 0 Å². The van der Waals surface area contributed by atoms with Crippen LogP contribution in [-0.4, -0.2) is 40.6 Å². The molecule has 1 aliphatic rings. The summed E-state index contributed by atoms with van der Waals surface area (Å²) in [5.74, 6) is 2.34. The Balaban J connectivity index is 1.30. The van der Waals surface area contributed by atoms with Gasteiger partial charge in [-0.05, 0) is 43.2 Å². The van der Waals surface area contributed by atoms with Crippen molar-refractivity contribution in [3.05, 3.63) is 65.7 Å². The average Bonchev–Trinajstić information content (AvgIpc) is 3.42. The quantitative estimate of drug-likeness (QED) is 0.665. The monoisotopic (exact) mass is 367 g/mol. The van der Waals surface area contributed by atoms with E-state index in [4.69, 9.17) is 13.7 Å². The third kappa shape index (κ3) is 4.02. The minimum Gasteiger partial charge on any atom is -0.493 e. The standard InChI is InChI=1S/C20H21N3O4/c1-14-4-2-5-16(12-14)25-11-8-18-21-19(27-22-18)15-7-9-23(13-15)20(24)17-6-3-10-26-17/h2-6,10,12,15H,7-9,11,13H2,1H3. The van der Waals surface area contributed by atoms with E-state index >= 15 is 0 Å². The van der Waals surface area contributed by atoms with Crippen molar-refractivity contribution >= 4 is 5.91 Å². The summed E-state index contributed by atoms with van der Waals surface area (Å²) in [4.78, 5) is 18.6. The summed E-state index contributed by atoms with van der Waals surface area (Å²) >= 11 is 0. The van der Waals surface area contributed by atoms with E-state index in [-0.39, 0.29) is 11.8 Å². The minimum atomic E-state index is -0.103. The molecule has 4 rings (SSSR count). The Bertz CT molecular complexity index is 904. The summed E-state index contributed by atoms with van der Waals surface area (Å²) in [6.07, 6.45) is 2.87. The van der Waals surface area contributed by atoms with Crippen molar-refractivity contribution in [1.29, 1.82) is 0 Å². The van der Waals surface area contributed by atoms with E-state index in [1.165, 1.54) is 6.26 Å². The zero-order chi connectivity index (χ0) is 18.6. The highest BCUT2D eigenvalue weighted by atomic mass is 16.5. The molecule has 2 aromatic heterocycles. The molecule has 7 nitrogen and oxygen atoms in total. The molecule has 0 radical (unpaired) electrons. The molecule has 1 atom stereocenters. The SMILES string of the molecule is Cc1cccc(OCCc2noc(C3CCN(C(=O)c4ccco4)C3)n2)c1. The van der Waals surface area contributed by atoms with E-state index in [0.717, 1.165) is 17.7 Å². The van der Waals surface area contributed by atoms with Crippen molar-refractivity contribution in [2.45, 2.75) is 25.7 Å². The number of carbonyl (C=O) groups is 1. The van der Waals surface area contributed by atoms with Crippen molar-refractivity contribution < 1.29 is 18.5 Å². The van der Waals surface area contributed by atoms with Gasteiger partial charge in [-0.15, -0.1) is 0 Å². The van der Waals surface area contributed by atoms with E-state index in [1.807, 2.05) is 31.2 Å². The Labute approximate surface area is 156 Å². The smallest absolute Gasteiger partial charge is 0.289 e. The maximum absolute atomic E-state index is 12.3. The van der Waals surface area contributed by atoms with Crippen LogP contribution in [0.5, 0.6) is 5.75 Å². The molecular weight excluding hydrogens is 346 g/mol. The molecule has 1 amide bonds. The van der Waals surface area contributed by atoms with Crippen LogP contribution < -0.4 is 4.74 Å². The number of hydrogen-bond acceptors (Lipinski definition) is 6. The van der Waals surface area contributed by atoms with Gasteiger partial charge in [0.1, 0.15) is 5.75 Å². The van der Waals surface area contributed by atoms with Gasteiger partial charge in [0.25, 0.3) is 5.91 Å². The van der Waals surface area contributed by atoms with Gasteiger partial charge in [-0.3, -0.25) is 4.79 Å². The number of nitrogens with zero attached hydrogens (tertiary/aromatic N) is 3. The topological polar surface area (TPSA) is 81.6 Å². The largest absolute Gasteiger partial charge is 0.493 e. The van der Waals surface area contributed by atoms with E-state index in [2.05, 4.69) is 10.1 Å². The lowest BCUT2D eigenvalue weighted by Crippen LogP contribution is -2.28. The normalized spacial score (nSPS) is 16.6. The number of hydrogen-bond donors (Lipinski definition) is 0. The van der Waals surface area contributed by atoms with Crippen LogP contribution in [0.15, 0.2) is 51.6 Å². The molecule has 27 heavy (non-hydrogen) atoms. The molecule has 1 unspecified atom stereocenters. The van der Waals surface area contributed by atoms with Gasteiger partial charge < -0.3 is 18.6 Å². The van der Waals surface area contributed by atoms with Crippen LogP contribution in [0.25, 0.3) is 0 Å². The number of likely N-dealkylation sites (tertiary alicyclic amines) is 1. The number of aromatic nitrogens is 2. The average molecular weight is 367 g/mol. The summed E-state index contributed by atoms with van der Waals surface area (Å²) in [7, 11) is 0. The Morgan fingerprint density at radius 3 is 3.07 bits per heavy atom. The van der Waals surface area contributed by atoms with Gasteiger partial charge in [0, 0.05) is 19.5 Å². The molecule has 0 spiro atoms. The number of furan rings is 1. The molecule has 1 fully saturated rings. The molecule has 0 N–H and O–H groups in total. The molecule has 1 aromatic carbocycles. The van der Waals surface area contributed by atoms with Gasteiger partial charge in [-0.1, -0.05) is 17.3 Å². The highest BCUT2D eigenvalue weighted by Gasteiger charge is 2.32.